The van der Waals surface area contributed by atoms with Crippen molar-refractivity contribution in [2.75, 3.05) is 7.11 Å². The van der Waals surface area contributed by atoms with Gasteiger partial charge in [0, 0.05) is 10.0 Å². The van der Waals surface area contributed by atoms with Crippen LogP contribution in [0.3, 0.4) is 0 Å². The van der Waals surface area contributed by atoms with Crippen molar-refractivity contribution >= 4 is 27.5 Å². The van der Waals surface area contributed by atoms with Crippen LogP contribution >= 0.6 is 27.5 Å². The Kier molecular flexibility index (Phi) is 3.21. The molecule has 1 aromatic carbocycles. The van der Waals surface area contributed by atoms with Gasteiger partial charge in [-0.05, 0) is 19.1 Å². The van der Waals surface area contributed by atoms with Gasteiger partial charge in [-0.25, -0.2) is 0 Å². The molecule has 1 N–H and O–H groups in total. The maximum Gasteiger partial charge on any atom is 0.143 e. The molecular formula is C10H11BrClNO2. The van der Waals surface area contributed by atoms with Gasteiger partial charge >= 0.3 is 0 Å². The number of hydrogen-bond acceptors (Lipinski definition) is 3. The third kappa shape index (κ3) is 1.99. The minimum atomic E-state index is 0.00625. The summed E-state index contributed by atoms with van der Waals surface area (Å²) in [5.74, 6) is 0.738. The van der Waals surface area contributed by atoms with Crippen LogP contribution in [-0.4, -0.2) is 13.2 Å². The molecule has 1 aromatic rings. The first-order valence-electron chi connectivity index (χ1n) is 4.57. The van der Waals surface area contributed by atoms with E-state index in [2.05, 4.69) is 21.4 Å². The first-order chi connectivity index (χ1) is 7.13. The molecule has 1 aliphatic heterocycles. The molecular weight excluding hydrogens is 281 g/mol. The van der Waals surface area contributed by atoms with Crippen LogP contribution in [-0.2, 0) is 4.84 Å². The van der Waals surface area contributed by atoms with Gasteiger partial charge < -0.3 is 9.57 Å². The third-order valence-electron chi connectivity index (χ3n) is 2.39. The van der Waals surface area contributed by atoms with Crippen molar-refractivity contribution < 1.29 is 9.57 Å². The minimum absolute atomic E-state index is 0.00625. The fourth-order valence-corrected chi connectivity index (χ4v) is 2.61. The Morgan fingerprint density at radius 1 is 1.53 bits per heavy atom. The smallest absolute Gasteiger partial charge is 0.143 e. The molecule has 0 saturated carbocycles. The van der Waals surface area contributed by atoms with Crippen molar-refractivity contribution in [2.24, 2.45) is 0 Å². The van der Waals surface area contributed by atoms with Gasteiger partial charge in [-0.2, -0.15) is 5.48 Å². The van der Waals surface area contributed by atoms with E-state index in [-0.39, 0.29) is 12.1 Å². The molecule has 1 heterocycles. The maximum atomic E-state index is 6.08. The number of halogens is 2. The zero-order valence-electron chi connectivity index (χ0n) is 8.38. The van der Waals surface area contributed by atoms with E-state index in [0.29, 0.717) is 5.02 Å². The number of fused-ring (bicyclic) bond motifs is 1. The Balaban J connectivity index is 2.43. The Morgan fingerprint density at radius 3 is 2.93 bits per heavy atom. The van der Waals surface area contributed by atoms with E-state index < -0.39 is 0 Å². The van der Waals surface area contributed by atoms with Crippen LogP contribution in [0.4, 0.5) is 0 Å². The Hall–Kier alpha value is -0.290. The predicted octanol–water partition coefficient (Wildman–Crippen LogP) is 3.08. The Labute approximate surface area is 102 Å². The molecule has 15 heavy (non-hydrogen) atoms. The highest BCUT2D eigenvalue weighted by Gasteiger charge is 2.33. The molecule has 3 nitrogen and oxygen atoms in total. The summed E-state index contributed by atoms with van der Waals surface area (Å²) >= 11 is 9.49. The van der Waals surface area contributed by atoms with Crippen molar-refractivity contribution in [3.63, 3.8) is 0 Å². The molecule has 0 radical (unpaired) electrons. The number of hydroxylamine groups is 1. The van der Waals surface area contributed by atoms with E-state index in [4.69, 9.17) is 21.2 Å². The fraction of sp³-hybridized carbons (Fsp3) is 0.400. The van der Waals surface area contributed by atoms with Gasteiger partial charge in [0.2, 0.25) is 0 Å². The molecule has 0 spiro atoms. The van der Waals surface area contributed by atoms with Crippen molar-refractivity contribution in [2.45, 2.75) is 19.1 Å². The van der Waals surface area contributed by atoms with E-state index in [1.165, 1.54) is 0 Å². The first-order valence-corrected chi connectivity index (χ1v) is 5.74. The van der Waals surface area contributed by atoms with Gasteiger partial charge in [-0.15, -0.1) is 0 Å². The second-order valence-corrected chi connectivity index (χ2v) is 4.75. The van der Waals surface area contributed by atoms with Gasteiger partial charge in [0.1, 0.15) is 11.9 Å². The molecule has 0 saturated heterocycles. The number of hydrogen-bond donors (Lipinski definition) is 1. The Bertz CT molecular complexity index is 386. The van der Waals surface area contributed by atoms with Gasteiger partial charge in [0.05, 0.1) is 18.2 Å². The van der Waals surface area contributed by atoms with Gasteiger partial charge in [0.25, 0.3) is 0 Å². The van der Waals surface area contributed by atoms with Crippen LogP contribution in [0.15, 0.2) is 16.6 Å². The lowest BCUT2D eigenvalue weighted by atomic mass is 10.1. The first kappa shape index (κ1) is 11.2. The summed E-state index contributed by atoms with van der Waals surface area (Å²) < 4.78 is 6.60. The molecule has 5 heteroatoms. The SMILES string of the molecule is CONC1c2cc(Br)cc(Cl)c2OC1C. The van der Waals surface area contributed by atoms with Crippen LogP contribution < -0.4 is 10.2 Å². The molecule has 1 aliphatic rings. The van der Waals surface area contributed by atoms with Crippen LogP contribution in [0.1, 0.15) is 18.5 Å². The average Bonchev–Trinajstić information content (AvgIpc) is 2.46. The van der Waals surface area contributed by atoms with E-state index in [1.807, 2.05) is 19.1 Å². The quantitative estimate of drug-likeness (QED) is 0.850. The van der Waals surface area contributed by atoms with Gasteiger partial charge in [-0.1, -0.05) is 27.5 Å². The molecule has 0 aliphatic carbocycles. The summed E-state index contributed by atoms with van der Waals surface area (Å²) in [4.78, 5) is 4.94. The maximum absolute atomic E-state index is 6.08. The zero-order chi connectivity index (χ0) is 11.0. The Morgan fingerprint density at radius 2 is 2.27 bits per heavy atom. The van der Waals surface area contributed by atoms with Crippen molar-refractivity contribution in [3.05, 3.63) is 27.2 Å². The molecule has 0 aromatic heterocycles. The highest BCUT2D eigenvalue weighted by molar-refractivity contribution is 9.10. The van der Waals surface area contributed by atoms with Crippen molar-refractivity contribution in [3.8, 4) is 5.75 Å². The van der Waals surface area contributed by atoms with Crippen molar-refractivity contribution in [1.29, 1.82) is 0 Å². The number of ether oxygens (including phenoxy) is 1. The fourth-order valence-electron chi connectivity index (χ4n) is 1.73. The molecule has 82 valence electrons. The summed E-state index contributed by atoms with van der Waals surface area (Å²) in [5, 5.41) is 0.617. The summed E-state index contributed by atoms with van der Waals surface area (Å²) in [7, 11) is 1.59. The zero-order valence-corrected chi connectivity index (χ0v) is 10.7. The number of benzene rings is 1. The lowest BCUT2D eigenvalue weighted by Gasteiger charge is -2.14. The van der Waals surface area contributed by atoms with Crippen molar-refractivity contribution in [1.82, 2.24) is 5.48 Å². The van der Waals surface area contributed by atoms with E-state index in [1.54, 1.807) is 7.11 Å². The van der Waals surface area contributed by atoms with Crippen LogP contribution in [0.2, 0.25) is 5.02 Å². The van der Waals surface area contributed by atoms with Crippen LogP contribution in [0, 0.1) is 0 Å². The molecule has 0 bridgehead atoms. The largest absolute Gasteiger partial charge is 0.487 e. The standard InChI is InChI=1S/C10H11BrClNO2/c1-5-9(13-14-2)7-3-6(11)4-8(12)10(7)15-5/h3-5,9,13H,1-2H3. The number of nitrogens with one attached hydrogen (secondary N) is 1. The summed E-state index contributed by atoms with van der Waals surface area (Å²) in [6.45, 7) is 1.97. The summed E-state index contributed by atoms with van der Waals surface area (Å²) in [5.41, 5.74) is 3.92. The van der Waals surface area contributed by atoms with Gasteiger partial charge in [0.15, 0.2) is 0 Å². The predicted molar refractivity (Wildman–Crippen MR) is 62.1 cm³/mol. The van der Waals surface area contributed by atoms with E-state index in [9.17, 15) is 0 Å². The topological polar surface area (TPSA) is 30.5 Å². The second-order valence-electron chi connectivity index (χ2n) is 3.43. The summed E-state index contributed by atoms with van der Waals surface area (Å²) in [6.07, 6.45) is 0.00625. The monoisotopic (exact) mass is 291 g/mol. The van der Waals surface area contributed by atoms with Crippen LogP contribution in [0.5, 0.6) is 5.75 Å². The minimum Gasteiger partial charge on any atom is -0.487 e. The lowest BCUT2D eigenvalue weighted by molar-refractivity contribution is 0.0339. The summed E-state index contributed by atoms with van der Waals surface area (Å²) in [6, 6.07) is 3.82. The van der Waals surface area contributed by atoms with Gasteiger partial charge in [-0.3, -0.25) is 0 Å². The van der Waals surface area contributed by atoms with E-state index >= 15 is 0 Å². The lowest BCUT2D eigenvalue weighted by Crippen LogP contribution is -2.27. The molecule has 2 atom stereocenters. The molecule has 2 unspecified atom stereocenters. The molecule has 0 amide bonds. The van der Waals surface area contributed by atoms with E-state index in [0.717, 1.165) is 15.8 Å². The second kappa shape index (κ2) is 4.29. The normalized spacial score (nSPS) is 23.7. The number of rotatable bonds is 2. The highest BCUT2D eigenvalue weighted by Crippen LogP contribution is 2.43. The highest BCUT2D eigenvalue weighted by atomic mass is 79.9. The average molecular weight is 293 g/mol. The molecule has 2 rings (SSSR count). The third-order valence-corrected chi connectivity index (χ3v) is 3.13. The molecule has 0 fully saturated rings. The van der Waals surface area contributed by atoms with Crippen LogP contribution in [0.25, 0.3) is 0 Å².